The van der Waals surface area contributed by atoms with Gasteiger partial charge in [0.05, 0.1) is 6.61 Å². The van der Waals surface area contributed by atoms with Crippen LogP contribution in [0.25, 0.3) is 0 Å². The van der Waals surface area contributed by atoms with Crippen LogP contribution in [0.1, 0.15) is 65.4 Å². The molecule has 1 amide bonds. The van der Waals surface area contributed by atoms with Crippen molar-refractivity contribution in [3.8, 4) is 11.5 Å². The molecule has 1 aliphatic carbocycles. The summed E-state index contributed by atoms with van der Waals surface area (Å²) in [7, 11) is 0. The molecule has 0 saturated carbocycles. The van der Waals surface area contributed by atoms with Crippen molar-refractivity contribution >= 4 is 18.3 Å². The summed E-state index contributed by atoms with van der Waals surface area (Å²) in [4.78, 5) is 12.0. The molecular weight excluding hydrogens is 388 g/mol. The van der Waals surface area contributed by atoms with Gasteiger partial charge in [-0.25, -0.2) is 0 Å². The van der Waals surface area contributed by atoms with Crippen molar-refractivity contribution in [1.29, 1.82) is 0 Å². The van der Waals surface area contributed by atoms with Gasteiger partial charge in [0.2, 0.25) is 0 Å². The molecule has 0 aromatic heterocycles. The van der Waals surface area contributed by atoms with Crippen LogP contribution in [0, 0.1) is 0 Å². The Morgan fingerprint density at radius 2 is 1.93 bits per heavy atom. The SMILES string of the molecule is CCOc1cc(CNCCC2=CCCCC2)ccc1OCC(=O)NC(C)(C)C.Cl. The average Bonchev–Trinajstić information content (AvgIpc) is 2.64. The Morgan fingerprint density at radius 3 is 2.59 bits per heavy atom. The number of carbonyl (C=O) groups excluding carboxylic acids is 1. The summed E-state index contributed by atoms with van der Waals surface area (Å²) < 4.78 is 11.4. The van der Waals surface area contributed by atoms with E-state index in [1.54, 1.807) is 5.57 Å². The van der Waals surface area contributed by atoms with Gasteiger partial charge in [-0.2, -0.15) is 0 Å². The van der Waals surface area contributed by atoms with Crippen molar-refractivity contribution in [2.45, 2.75) is 71.9 Å². The Kier molecular flexibility index (Phi) is 11.1. The smallest absolute Gasteiger partial charge is 0.258 e. The summed E-state index contributed by atoms with van der Waals surface area (Å²) in [6, 6.07) is 5.90. The van der Waals surface area contributed by atoms with Crippen LogP contribution in [0.2, 0.25) is 0 Å². The lowest BCUT2D eigenvalue weighted by atomic mass is 9.97. The van der Waals surface area contributed by atoms with Crippen LogP contribution >= 0.6 is 12.4 Å². The van der Waals surface area contributed by atoms with E-state index >= 15 is 0 Å². The molecule has 29 heavy (non-hydrogen) atoms. The molecule has 2 N–H and O–H groups in total. The summed E-state index contributed by atoms with van der Waals surface area (Å²) in [6.45, 7) is 10.1. The first-order valence-corrected chi connectivity index (χ1v) is 10.5. The minimum absolute atomic E-state index is 0. The first-order chi connectivity index (χ1) is 13.4. The summed E-state index contributed by atoms with van der Waals surface area (Å²) in [5.74, 6) is 1.14. The lowest BCUT2D eigenvalue weighted by Crippen LogP contribution is -2.43. The van der Waals surface area contributed by atoms with Crippen molar-refractivity contribution in [1.82, 2.24) is 10.6 Å². The molecule has 1 aromatic carbocycles. The van der Waals surface area contributed by atoms with Gasteiger partial charge in [0.1, 0.15) is 0 Å². The van der Waals surface area contributed by atoms with E-state index in [0.29, 0.717) is 18.1 Å². The Balaban J connectivity index is 0.00000420. The lowest BCUT2D eigenvalue weighted by molar-refractivity contribution is -0.124. The number of amides is 1. The topological polar surface area (TPSA) is 59.6 Å². The minimum Gasteiger partial charge on any atom is -0.490 e. The van der Waals surface area contributed by atoms with Crippen LogP contribution in [-0.4, -0.2) is 31.2 Å². The van der Waals surface area contributed by atoms with Crippen molar-refractivity contribution in [3.63, 3.8) is 0 Å². The first-order valence-electron chi connectivity index (χ1n) is 10.5. The van der Waals surface area contributed by atoms with E-state index in [1.165, 1.54) is 25.7 Å². The summed E-state index contributed by atoms with van der Waals surface area (Å²) in [6.07, 6.45) is 8.69. The van der Waals surface area contributed by atoms with Gasteiger partial charge in [-0.3, -0.25) is 4.79 Å². The van der Waals surface area contributed by atoms with Crippen LogP contribution in [-0.2, 0) is 11.3 Å². The highest BCUT2D eigenvalue weighted by Gasteiger charge is 2.15. The van der Waals surface area contributed by atoms with E-state index in [1.807, 2.05) is 45.9 Å². The maximum absolute atomic E-state index is 12.0. The van der Waals surface area contributed by atoms with Crippen LogP contribution in [0.3, 0.4) is 0 Å². The number of halogens is 1. The van der Waals surface area contributed by atoms with E-state index in [0.717, 1.165) is 25.1 Å². The van der Waals surface area contributed by atoms with Crippen molar-refractivity contribution < 1.29 is 14.3 Å². The zero-order valence-electron chi connectivity index (χ0n) is 18.3. The number of carbonyl (C=O) groups is 1. The monoisotopic (exact) mass is 424 g/mol. The van der Waals surface area contributed by atoms with Gasteiger partial charge in [-0.1, -0.05) is 17.7 Å². The van der Waals surface area contributed by atoms with Gasteiger partial charge in [0.25, 0.3) is 5.91 Å². The fourth-order valence-corrected chi connectivity index (χ4v) is 3.26. The predicted molar refractivity (Wildman–Crippen MR) is 121 cm³/mol. The van der Waals surface area contributed by atoms with E-state index in [2.05, 4.69) is 16.7 Å². The first kappa shape index (κ1) is 25.3. The quantitative estimate of drug-likeness (QED) is 0.419. The molecule has 1 aliphatic rings. The molecular formula is C23H37ClN2O3. The number of nitrogens with one attached hydrogen (secondary N) is 2. The highest BCUT2D eigenvalue weighted by molar-refractivity contribution is 5.85. The largest absolute Gasteiger partial charge is 0.490 e. The number of allylic oxidation sites excluding steroid dienone is 1. The molecule has 0 unspecified atom stereocenters. The van der Waals surface area contributed by atoms with Gasteiger partial charge < -0.3 is 20.1 Å². The van der Waals surface area contributed by atoms with Crippen LogP contribution in [0.5, 0.6) is 11.5 Å². The second kappa shape index (κ2) is 12.8. The molecule has 1 aromatic rings. The van der Waals surface area contributed by atoms with Crippen molar-refractivity contribution in [2.75, 3.05) is 19.8 Å². The van der Waals surface area contributed by atoms with Gasteiger partial charge in [-0.15, -0.1) is 12.4 Å². The second-order valence-electron chi connectivity index (χ2n) is 8.34. The standard InChI is InChI=1S/C23H36N2O3.ClH/c1-5-27-21-15-19(16-24-14-13-18-9-7-6-8-10-18)11-12-20(21)28-17-22(26)25-23(2,3)4;/h9,11-12,15,24H,5-8,10,13-14,16-17H2,1-4H3,(H,25,26);1H. The van der Waals surface area contributed by atoms with Crippen LogP contribution in [0.4, 0.5) is 0 Å². The van der Waals surface area contributed by atoms with E-state index in [-0.39, 0.29) is 30.5 Å². The molecule has 0 bridgehead atoms. The Hall–Kier alpha value is -1.72. The van der Waals surface area contributed by atoms with Crippen molar-refractivity contribution in [2.24, 2.45) is 0 Å². The fraction of sp³-hybridized carbons (Fsp3) is 0.609. The molecule has 0 fully saturated rings. The van der Waals surface area contributed by atoms with Crippen LogP contribution < -0.4 is 20.1 Å². The normalized spacial score (nSPS) is 13.9. The zero-order chi connectivity index (χ0) is 20.4. The molecule has 2 rings (SSSR count). The average molecular weight is 425 g/mol. The second-order valence-corrected chi connectivity index (χ2v) is 8.34. The molecule has 5 nitrogen and oxygen atoms in total. The number of hydrogen-bond acceptors (Lipinski definition) is 4. The molecule has 0 atom stereocenters. The molecule has 0 aliphatic heterocycles. The lowest BCUT2D eigenvalue weighted by Gasteiger charge is -2.21. The van der Waals surface area contributed by atoms with Gasteiger partial charge >= 0.3 is 0 Å². The number of ether oxygens (including phenoxy) is 2. The summed E-state index contributed by atoms with van der Waals surface area (Å²) in [5, 5.41) is 6.41. The maximum atomic E-state index is 12.0. The van der Waals surface area contributed by atoms with Gasteiger partial charge in [0.15, 0.2) is 18.1 Å². The van der Waals surface area contributed by atoms with Crippen LogP contribution in [0.15, 0.2) is 29.8 Å². The molecule has 0 heterocycles. The number of benzene rings is 1. The molecule has 0 radical (unpaired) electrons. The van der Waals surface area contributed by atoms with E-state index in [4.69, 9.17) is 9.47 Å². The molecule has 0 saturated heterocycles. The number of hydrogen-bond donors (Lipinski definition) is 2. The third-order valence-corrected chi connectivity index (χ3v) is 4.52. The third-order valence-electron chi connectivity index (χ3n) is 4.52. The molecule has 0 spiro atoms. The number of rotatable bonds is 10. The Bertz CT molecular complexity index is 669. The summed E-state index contributed by atoms with van der Waals surface area (Å²) in [5.41, 5.74) is 2.46. The Morgan fingerprint density at radius 1 is 1.14 bits per heavy atom. The van der Waals surface area contributed by atoms with Gasteiger partial charge in [0, 0.05) is 12.1 Å². The highest BCUT2D eigenvalue weighted by Crippen LogP contribution is 2.28. The van der Waals surface area contributed by atoms with Crippen molar-refractivity contribution in [3.05, 3.63) is 35.4 Å². The highest BCUT2D eigenvalue weighted by atomic mass is 35.5. The molecule has 6 heteroatoms. The fourth-order valence-electron chi connectivity index (χ4n) is 3.26. The molecule has 164 valence electrons. The minimum atomic E-state index is -0.271. The third kappa shape index (κ3) is 10.0. The maximum Gasteiger partial charge on any atom is 0.258 e. The zero-order valence-corrected chi connectivity index (χ0v) is 19.1. The van der Waals surface area contributed by atoms with Gasteiger partial charge in [-0.05, 0) is 84.0 Å². The summed E-state index contributed by atoms with van der Waals surface area (Å²) >= 11 is 0. The predicted octanol–water partition coefficient (Wildman–Crippen LogP) is 4.78. The van der Waals surface area contributed by atoms with E-state index < -0.39 is 0 Å². The Labute approximate surface area is 182 Å². The van der Waals surface area contributed by atoms with E-state index in [9.17, 15) is 4.79 Å².